The van der Waals surface area contributed by atoms with Crippen molar-refractivity contribution in [3.05, 3.63) is 95.4 Å². The molecule has 5 nitrogen and oxygen atoms in total. The Morgan fingerprint density at radius 2 is 1.75 bits per heavy atom. The molecule has 0 atom stereocenters. The van der Waals surface area contributed by atoms with Crippen LogP contribution in [-0.4, -0.2) is 26.5 Å². The fourth-order valence-corrected chi connectivity index (χ4v) is 4.52. The SMILES string of the molecule is Cl.Cl.Fc1ccc(-c2ccc3c(N4CCc5cc(Cl)ccc54)nc(-c4cnccn4)nc3c2)c(F)c1. The van der Waals surface area contributed by atoms with Gasteiger partial charge in [0, 0.05) is 46.7 Å². The first kappa shape index (κ1) is 25.7. The summed E-state index contributed by atoms with van der Waals surface area (Å²) in [7, 11) is 0. The van der Waals surface area contributed by atoms with Crippen molar-refractivity contribution >= 4 is 58.8 Å². The van der Waals surface area contributed by atoms with Crippen LogP contribution in [0.1, 0.15) is 5.56 Å². The summed E-state index contributed by atoms with van der Waals surface area (Å²) < 4.78 is 27.9. The van der Waals surface area contributed by atoms with Gasteiger partial charge in [-0.25, -0.2) is 23.7 Å². The molecular formula is C26H18Cl3F2N5. The van der Waals surface area contributed by atoms with E-state index in [1.807, 2.05) is 24.3 Å². The number of rotatable bonds is 3. The topological polar surface area (TPSA) is 54.8 Å². The van der Waals surface area contributed by atoms with Gasteiger partial charge >= 0.3 is 0 Å². The van der Waals surface area contributed by atoms with Crippen molar-refractivity contribution in [2.24, 2.45) is 0 Å². The molecule has 0 bridgehead atoms. The van der Waals surface area contributed by atoms with Gasteiger partial charge in [0.1, 0.15) is 23.1 Å². The van der Waals surface area contributed by atoms with Crippen LogP contribution in [0.3, 0.4) is 0 Å². The maximum absolute atomic E-state index is 14.5. The minimum absolute atomic E-state index is 0. The zero-order valence-electron chi connectivity index (χ0n) is 18.5. The third-order valence-electron chi connectivity index (χ3n) is 5.90. The van der Waals surface area contributed by atoms with Crippen LogP contribution in [0.15, 0.2) is 73.2 Å². The number of anilines is 2. The molecule has 0 saturated carbocycles. The van der Waals surface area contributed by atoms with E-state index in [9.17, 15) is 8.78 Å². The summed E-state index contributed by atoms with van der Waals surface area (Å²) in [6.07, 6.45) is 5.61. The van der Waals surface area contributed by atoms with Crippen molar-refractivity contribution in [2.45, 2.75) is 6.42 Å². The van der Waals surface area contributed by atoms with E-state index in [1.165, 1.54) is 12.1 Å². The largest absolute Gasteiger partial charge is 0.325 e. The molecule has 0 amide bonds. The van der Waals surface area contributed by atoms with Crippen LogP contribution in [0.5, 0.6) is 0 Å². The first-order valence-electron chi connectivity index (χ1n) is 10.7. The van der Waals surface area contributed by atoms with E-state index in [-0.39, 0.29) is 24.8 Å². The number of hydrogen-bond donors (Lipinski definition) is 0. The smallest absolute Gasteiger partial charge is 0.182 e. The van der Waals surface area contributed by atoms with Crippen molar-refractivity contribution in [1.82, 2.24) is 19.9 Å². The quantitative estimate of drug-likeness (QED) is 0.240. The molecule has 3 heterocycles. The third-order valence-corrected chi connectivity index (χ3v) is 6.14. The number of nitrogens with zero attached hydrogens (tertiary/aromatic N) is 5. The number of halogens is 5. The molecule has 0 aliphatic carbocycles. The van der Waals surface area contributed by atoms with Crippen molar-refractivity contribution in [3.63, 3.8) is 0 Å². The number of benzene rings is 3. The Morgan fingerprint density at radius 3 is 2.53 bits per heavy atom. The second-order valence-electron chi connectivity index (χ2n) is 7.99. The van der Waals surface area contributed by atoms with Gasteiger partial charge in [-0.15, -0.1) is 24.8 Å². The average molecular weight is 545 g/mol. The normalized spacial score (nSPS) is 12.1. The van der Waals surface area contributed by atoms with Gasteiger partial charge in [-0.2, -0.15) is 0 Å². The van der Waals surface area contributed by atoms with Gasteiger partial charge in [-0.3, -0.25) is 4.98 Å². The van der Waals surface area contributed by atoms with E-state index in [2.05, 4.69) is 14.9 Å². The molecule has 6 rings (SSSR count). The van der Waals surface area contributed by atoms with Crippen LogP contribution in [0, 0.1) is 11.6 Å². The number of aromatic nitrogens is 4. The second kappa shape index (κ2) is 10.3. The Morgan fingerprint density at radius 1 is 0.889 bits per heavy atom. The monoisotopic (exact) mass is 543 g/mol. The summed E-state index contributed by atoms with van der Waals surface area (Å²) in [5.74, 6) is -0.120. The Kier molecular flexibility index (Phi) is 7.36. The van der Waals surface area contributed by atoms with Gasteiger partial charge in [0.2, 0.25) is 0 Å². The van der Waals surface area contributed by atoms with Crippen LogP contribution in [0.2, 0.25) is 5.02 Å². The molecular weight excluding hydrogens is 527 g/mol. The Labute approximate surface area is 223 Å². The first-order valence-corrected chi connectivity index (χ1v) is 11.0. The molecule has 1 aliphatic rings. The van der Waals surface area contributed by atoms with E-state index >= 15 is 0 Å². The van der Waals surface area contributed by atoms with Crippen LogP contribution in [-0.2, 0) is 6.42 Å². The van der Waals surface area contributed by atoms with Gasteiger partial charge in [-0.05, 0) is 60.0 Å². The zero-order valence-corrected chi connectivity index (χ0v) is 20.9. The van der Waals surface area contributed by atoms with Crippen LogP contribution < -0.4 is 4.90 Å². The van der Waals surface area contributed by atoms with E-state index in [4.69, 9.17) is 21.6 Å². The summed E-state index contributed by atoms with van der Waals surface area (Å²) in [4.78, 5) is 20.2. The maximum atomic E-state index is 14.5. The Balaban J connectivity index is 0.00000152. The van der Waals surface area contributed by atoms with Gasteiger partial charge in [0.05, 0.1) is 11.7 Å². The zero-order chi connectivity index (χ0) is 23.2. The summed E-state index contributed by atoms with van der Waals surface area (Å²) in [5, 5.41) is 1.50. The Hall–Kier alpha value is -3.39. The predicted molar refractivity (Wildman–Crippen MR) is 143 cm³/mol. The maximum Gasteiger partial charge on any atom is 0.182 e. The lowest BCUT2D eigenvalue weighted by Crippen LogP contribution is -2.16. The van der Waals surface area contributed by atoms with E-state index in [1.54, 1.807) is 30.7 Å². The molecule has 0 saturated heterocycles. The number of fused-ring (bicyclic) bond motifs is 2. The molecule has 5 aromatic rings. The van der Waals surface area contributed by atoms with Crippen LogP contribution in [0.25, 0.3) is 33.5 Å². The standard InChI is InChI=1S/C26H16ClF2N5.2ClH/c27-17-2-6-24-16(11-17)7-10-34(24)26-20-4-1-15(19-5-3-18(28)13-21(19)29)12-22(20)32-25(33-26)23-14-30-8-9-31-23;;/h1-6,8-9,11-14H,7,10H2;2*1H. The molecule has 36 heavy (non-hydrogen) atoms. The molecule has 0 unspecified atom stereocenters. The molecule has 1 aliphatic heterocycles. The minimum Gasteiger partial charge on any atom is -0.325 e. The molecule has 0 N–H and O–H groups in total. The first-order chi connectivity index (χ1) is 16.6. The highest BCUT2D eigenvalue weighted by Gasteiger charge is 2.25. The second-order valence-corrected chi connectivity index (χ2v) is 8.43. The molecule has 0 radical (unpaired) electrons. The number of hydrogen-bond acceptors (Lipinski definition) is 5. The molecule has 2 aromatic heterocycles. The highest BCUT2D eigenvalue weighted by molar-refractivity contribution is 6.30. The fourth-order valence-electron chi connectivity index (χ4n) is 4.33. The summed E-state index contributed by atoms with van der Waals surface area (Å²) >= 11 is 6.20. The van der Waals surface area contributed by atoms with Crippen molar-refractivity contribution in [3.8, 4) is 22.6 Å². The van der Waals surface area contributed by atoms with Crippen molar-refractivity contribution < 1.29 is 8.78 Å². The van der Waals surface area contributed by atoms with Crippen LogP contribution in [0.4, 0.5) is 20.3 Å². The fraction of sp³-hybridized carbons (Fsp3) is 0.0769. The lowest BCUT2D eigenvalue weighted by molar-refractivity contribution is 0.585. The summed E-state index contributed by atoms with van der Waals surface area (Å²) in [6.45, 7) is 0.732. The molecule has 3 aromatic carbocycles. The van der Waals surface area contributed by atoms with Gasteiger partial charge in [0.25, 0.3) is 0 Å². The van der Waals surface area contributed by atoms with Crippen LogP contribution >= 0.6 is 36.4 Å². The van der Waals surface area contributed by atoms with E-state index < -0.39 is 11.6 Å². The van der Waals surface area contributed by atoms with Gasteiger partial charge < -0.3 is 4.90 Å². The van der Waals surface area contributed by atoms with E-state index in [0.29, 0.717) is 33.2 Å². The highest BCUT2D eigenvalue weighted by Crippen LogP contribution is 2.39. The third kappa shape index (κ3) is 4.57. The molecule has 10 heteroatoms. The Bertz CT molecular complexity index is 1570. The highest BCUT2D eigenvalue weighted by atomic mass is 35.5. The molecule has 0 spiro atoms. The van der Waals surface area contributed by atoms with E-state index in [0.717, 1.165) is 41.5 Å². The molecule has 182 valence electrons. The average Bonchev–Trinajstić information content (AvgIpc) is 3.26. The minimum atomic E-state index is -0.631. The lowest BCUT2D eigenvalue weighted by atomic mass is 10.0. The summed E-state index contributed by atoms with van der Waals surface area (Å²) in [5.41, 5.74) is 4.21. The summed E-state index contributed by atoms with van der Waals surface area (Å²) in [6, 6.07) is 14.8. The van der Waals surface area contributed by atoms with Crippen molar-refractivity contribution in [2.75, 3.05) is 11.4 Å². The predicted octanol–water partition coefficient (Wildman–Crippen LogP) is 7.22. The lowest BCUT2D eigenvalue weighted by Gasteiger charge is -2.21. The van der Waals surface area contributed by atoms with Gasteiger partial charge in [0.15, 0.2) is 5.82 Å². The van der Waals surface area contributed by atoms with Crippen molar-refractivity contribution in [1.29, 1.82) is 0 Å². The molecule has 0 fully saturated rings. The van der Waals surface area contributed by atoms with Gasteiger partial charge in [-0.1, -0.05) is 17.7 Å².